The van der Waals surface area contributed by atoms with Crippen LogP contribution in [0.15, 0.2) is 35.9 Å². The average molecular weight is 259 g/mol. The summed E-state index contributed by atoms with van der Waals surface area (Å²) in [5.74, 6) is 1.41. The zero-order valence-corrected chi connectivity index (χ0v) is 11.2. The van der Waals surface area contributed by atoms with E-state index in [9.17, 15) is 4.79 Å². The molecular formula is C15H17NO3. The van der Waals surface area contributed by atoms with Gasteiger partial charge in [0.15, 0.2) is 5.78 Å². The van der Waals surface area contributed by atoms with Gasteiger partial charge in [0.05, 0.1) is 14.2 Å². The molecule has 0 spiro atoms. The predicted molar refractivity (Wildman–Crippen MR) is 74.5 cm³/mol. The first-order valence-corrected chi connectivity index (χ1v) is 6.01. The molecule has 1 saturated heterocycles. The number of piperidine rings is 1. The molecule has 0 aromatic heterocycles. The average Bonchev–Trinajstić information content (AvgIpc) is 2.43. The van der Waals surface area contributed by atoms with Gasteiger partial charge in [-0.05, 0) is 23.8 Å². The van der Waals surface area contributed by atoms with Gasteiger partial charge in [0.25, 0.3) is 0 Å². The number of hydrogen-bond donors (Lipinski definition) is 1. The van der Waals surface area contributed by atoms with E-state index in [4.69, 9.17) is 9.47 Å². The van der Waals surface area contributed by atoms with Crippen LogP contribution < -0.4 is 14.8 Å². The summed E-state index contributed by atoms with van der Waals surface area (Å²) < 4.78 is 10.4. The summed E-state index contributed by atoms with van der Waals surface area (Å²) in [5, 5.41) is 3.14. The van der Waals surface area contributed by atoms with Gasteiger partial charge in [-0.2, -0.15) is 0 Å². The van der Waals surface area contributed by atoms with E-state index in [2.05, 4.69) is 11.9 Å². The topological polar surface area (TPSA) is 47.6 Å². The molecule has 0 aliphatic carbocycles. The van der Waals surface area contributed by atoms with Gasteiger partial charge in [-0.3, -0.25) is 4.79 Å². The molecule has 0 unspecified atom stereocenters. The summed E-state index contributed by atoms with van der Waals surface area (Å²) in [6.07, 6.45) is 1.84. The van der Waals surface area contributed by atoms with Gasteiger partial charge in [-0.15, -0.1) is 0 Å². The van der Waals surface area contributed by atoms with Gasteiger partial charge >= 0.3 is 0 Å². The zero-order valence-electron chi connectivity index (χ0n) is 11.2. The molecule has 100 valence electrons. The van der Waals surface area contributed by atoms with E-state index >= 15 is 0 Å². The number of nitrogens with one attached hydrogen (secondary N) is 1. The van der Waals surface area contributed by atoms with E-state index < -0.39 is 0 Å². The standard InChI is InChI=1S/C15H17NO3/c1-10-8-16-9-12(15(10)17)4-11-5-13(18-2)7-14(6-11)19-3/h4-7,16H,1,8-9H2,2-3H3. The highest BCUT2D eigenvalue weighted by molar-refractivity contribution is 6.11. The van der Waals surface area contributed by atoms with Crippen molar-refractivity contribution in [2.75, 3.05) is 27.3 Å². The first-order valence-electron chi connectivity index (χ1n) is 6.01. The molecule has 0 saturated carbocycles. The molecule has 0 atom stereocenters. The van der Waals surface area contributed by atoms with Crippen molar-refractivity contribution in [2.24, 2.45) is 0 Å². The lowest BCUT2D eigenvalue weighted by Gasteiger charge is -2.16. The molecule has 1 aliphatic rings. The van der Waals surface area contributed by atoms with Crippen molar-refractivity contribution < 1.29 is 14.3 Å². The lowest BCUT2D eigenvalue weighted by molar-refractivity contribution is -0.112. The van der Waals surface area contributed by atoms with Gasteiger partial charge < -0.3 is 14.8 Å². The Balaban J connectivity index is 2.36. The van der Waals surface area contributed by atoms with Crippen molar-refractivity contribution in [2.45, 2.75) is 0 Å². The van der Waals surface area contributed by atoms with Crippen molar-refractivity contribution in [3.05, 3.63) is 41.5 Å². The molecule has 0 radical (unpaired) electrons. The highest BCUT2D eigenvalue weighted by Crippen LogP contribution is 2.24. The van der Waals surface area contributed by atoms with Gasteiger partial charge in [-0.1, -0.05) is 6.58 Å². The van der Waals surface area contributed by atoms with Crippen LogP contribution in [-0.4, -0.2) is 33.1 Å². The summed E-state index contributed by atoms with van der Waals surface area (Å²) in [6.45, 7) is 4.86. The van der Waals surface area contributed by atoms with Gasteiger partial charge in [0.2, 0.25) is 0 Å². The lowest BCUT2D eigenvalue weighted by atomic mass is 9.98. The van der Waals surface area contributed by atoms with Crippen LogP contribution >= 0.6 is 0 Å². The summed E-state index contributed by atoms with van der Waals surface area (Å²) in [4.78, 5) is 12.0. The molecule has 1 aromatic carbocycles. The normalized spacial score (nSPS) is 17.7. The molecule has 1 aromatic rings. The molecule has 1 heterocycles. The molecule has 4 heteroatoms. The second kappa shape index (κ2) is 5.71. The monoisotopic (exact) mass is 259 g/mol. The smallest absolute Gasteiger partial charge is 0.187 e. The summed E-state index contributed by atoms with van der Waals surface area (Å²) in [7, 11) is 3.20. The van der Waals surface area contributed by atoms with Crippen LogP contribution in [0.2, 0.25) is 0 Å². The number of Topliss-reactive ketones (excluding diaryl/α,β-unsaturated/α-hetero) is 1. The number of ether oxygens (including phenoxy) is 2. The maximum absolute atomic E-state index is 12.0. The van der Waals surface area contributed by atoms with Crippen LogP contribution in [-0.2, 0) is 4.79 Å². The minimum atomic E-state index is 0.0144. The van der Waals surface area contributed by atoms with Gasteiger partial charge in [0.1, 0.15) is 11.5 Å². The van der Waals surface area contributed by atoms with Crippen molar-refractivity contribution in [3.8, 4) is 11.5 Å². The van der Waals surface area contributed by atoms with Crippen molar-refractivity contribution in [1.29, 1.82) is 0 Å². The minimum Gasteiger partial charge on any atom is -0.497 e. The third kappa shape index (κ3) is 3.03. The van der Waals surface area contributed by atoms with Crippen molar-refractivity contribution >= 4 is 11.9 Å². The number of carbonyl (C=O) groups excluding carboxylic acids is 1. The Labute approximate surface area is 112 Å². The predicted octanol–water partition coefficient (Wildman–Crippen LogP) is 1.82. The Hall–Kier alpha value is -2.07. The SMILES string of the molecule is C=C1CNCC(=Cc2cc(OC)cc(OC)c2)C1=O. The maximum Gasteiger partial charge on any atom is 0.187 e. The number of carbonyl (C=O) groups is 1. The third-order valence-electron chi connectivity index (χ3n) is 2.98. The molecule has 4 nitrogen and oxygen atoms in total. The molecular weight excluding hydrogens is 242 g/mol. The molecule has 1 fully saturated rings. The highest BCUT2D eigenvalue weighted by Gasteiger charge is 2.18. The Kier molecular flexibility index (Phi) is 4.02. The van der Waals surface area contributed by atoms with E-state index in [1.165, 1.54) is 0 Å². The molecule has 19 heavy (non-hydrogen) atoms. The number of benzene rings is 1. The number of ketones is 1. The fraction of sp³-hybridized carbons (Fsp3) is 0.267. The second-order valence-electron chi connectivity index (χ2n) is 4.35. The first kappa shape index (κ1) is 13.4. The maximum atomic E-state index is 12.0. The largest absolute Gasteiger partial charge is 0.497 e. The van der Waals surface area contributed by atoms with Crippen molar-refractivity contribution in [3.63, 3.8) is 0 Å². The fourth-order valence-corrected chi connectivity index (χ4v) is 1.97. The molecule has 2 rings (SSSR count). The van der Waals surface area contributed by atoms with E-state index in [1.807, 2.05) is 18.2 Å². The van der Waals surface area contributed by atoms with Crippen LogP contribution in [0.25, 0.3) is 6.08 Å². The summed E-state index contributed by atoms with van der Waals surface area (Å²) in [5.41, 5.74) is 2.16. The highest BCUT2D eigenvalue weighted by atomic mass is 16.5. The van der Waals surface area contributed by atoms with E-state index in [0.717, 1.165) is 5.56 Å². The van der Waals surface area contributed by atoms with Crippen LogP contribution in [0.1, 0.15) is 5.56 Å². The second-order valence-corrected chi connectivity index (χ2v) is 4.35. The summed E-state index contributed by atoms with van der Waals surface area (Å²) >= 11 is 0. The summed E-state index contributed by atoms with van der Waals surface area (Å²) in [6, 6.07) is 5.52. The van der Waals surface area contributed by atoms with Crippen LogP contribution in [0.5, 0.6) is 11.5 Å². The Morgan fingerprint density at radius 1 is 1.16 bits per heavy atom. The van der Waals surface area contributed by atoms with Gasteiger partial charge in [-0.25, -0.2) is 0 Å². The van der Waals surface area contributed by atoms with Gasteiger partial charge in [0, 0.05) is 30.3 Å². The Morgan fingerprint density at radius 2 is 1.79 bits per heavy atom. The number of rotatable bonds is 3. The fourth-order valence-electron chi connectivity index (χ4n) is 1.97. The zero-order chi connectivity index (χ0) is 13.8. The lowest BCUT2D eigenvalue weighted by Crippen LogP contribution is -2.32. The number of hydrogen-bond acceptors (Lipinski definition) is 4. The molecule has 1 N–H and O–H groups in total. The third-order valence-corrected chi connectivity index (χ3v) is 2.98. The first-order chi connectivity index (χ1) is 9.13. The van der Waals surface area contributed by atoms with Crippen LogP contribution in [0.4, 0.5) is 0 Å². The molecule has 1 aliphatic heterocycles. The van der Waals surface area contributed by atoms with Crippen LogP contribution in [0.3, 0.4) is 0 Å². The quantitative estimate of drug-likeness (QED) is 0.841. The van der Waals surface area contributed by atoms with Crippen molar-refractivity contribution in [1.82, 2.24) is 5.32 Å². The van der Waals surface area contributed by atoms with E-state index in [0.29, 0.717) is 35.7 Å². The molecule has 0 bridgehead atoms. The molecule has 0 amide bonds. The Morgan fingerprint density at radius 3 is 2.37 bits per heavy atom. The van der Waals surface area contributed by atoms with E-state index in [-0.39, 0.29) is 5.78 Å². The number of methoxy groups -OCH3 is 2. The van der Waals surface area contributed by atoms with E-state index in [1.54, 1.807) is 20.3 Å². The minimum absolute atomic E-state index is 0.0144. The Bertz CT molecular complexity index is 524. The van der Waals surface area contributed by atoms with Crippen LogP contribution in [0, 0.1) is 0 Å².